The molecule has 0 saturated heterocycles. The monoisotopic (exact) mass is 310 g/mol. The number of aromatic amines is 1. The van der Waals surface area contributed by atoms with E-state index in [1.54, 1.807) is 0 Å². The highest BCUT2D eigenvalue weighted by molar-refractivity contribution is 7.71. The van der Waals surface area contributed by atoms with Gasteiger partial charge in [0.25, 0.3) is 5.69 Å². The zero-order valence-corrected chi connectivity index (χ0v) is 11.3. The Morgan fingerprint density at radius 2 is 2.19 bits per heavy atom. The second-order valence-corrected chi connectivity index (χ2v) is 4.29. The molecule has 0 fully saturated rings. The normalized spacial score (nSPS) is 11.9. The van der Waals surface area contributed by atoms with Crippen LogP contribution in [0.1, 0.15) is 11.7 Å². The summed E-state index contributed by atoms with van der Waals surface area (Å²) in [5.74, 6) is -0.740. The Balaban J connectivity index is 1.96. The number of non-ortho nitro benzene ring substituents is 1. The lowest BCUT2D eigenvalue weighted by molar-refractivity contribution is -0.384. The van der Waals surface area contributed by atoms with Crippen molar-refractivity contribution in [2.75, 3.05) is 0 Å². The lowest BCUT2D eigenvalue weighted by Crippen LogP contribution is -2.30. The van der Waals surface area contributed by atoms with Gasteiger partial charge < -0.3 is 10.5 Å². The number of H-pyrrole nitrogens is 1. The highest BCUT2D eigenvalue weighted by atomic mass is 32.1. The second kappa shape index (κ2) is 6.19. The van der Waals surface area contributed by atoms with E-state index in [1.165, 1.54) is 24.3 Å². The van der Waals surface area contributed by atoms with Gasteiger partial charge in [0.2, 0.25) is 4.77 Å². The quantitative estimate of drug-likeness (QED) is 0.350. The van der Waals surface area contributed by atoms with Crippen LogP contribution in [0.2, 0.25) is 0 Å². The number of carbonyl (C=O) groups is 1. The molecule has 1 aromatic heterocycles. The molecular weight excluding hydrogens is 300 g/mol. The first kappa shape index (κ1) is 14.7. The number of nitro groups is 1. The Kier molecular flexibility index (Phi) is 4.35. The van der Waals surface area contributed by atoms with E-state index in [1.807, 2.05) is 0 Å². The van der Waals surface area contributed by atoms with Gasteiger partial charge in [-0.3, -0.25) is 10.1 Å². The van der Waals surface area contributed by atoms with Crippen molar-refractivity contribution in [3.8, 4) is 0 Å². The Bertz CT molecular complexity index is 709. The van der Waals surface area contributed by atoms with Gasteiger partial charge in [-0.25, -0.2) is 9.48 Å². The number of nitrogens with one attached hydrogen (secondary N) is 1. The predicted octanol–water partition coefficient (Wildman–Crippen LogP) is 0.445. The van der Waals surface area contributed by atoms with Gasteiger partial charge in [-0.05, 0) is 29.9 Å². The van der Waals surface area contributed by atoms with Crippen LogP contribution in [0.15, 0.2) is 24.3 Å². The molecule has 10 nitrogen and oxygen atoms in total. The SMILES string of the molecule is NC(C(=O)OCc1ccc([N+](=O)[O-])cc1)n1[nH]nnc1=S. The van der Waals surface area contributed by atoms with Crippen LogP contribution in [0.4, 0.5) is 5.69 Å². The number of hydrogen-bond acceptors (Lipinski definition) is 8. The standard InChI is InChI=1S/C10H10N6O4S/c11-8(15-10(21)12-13-14-15)9(17)20-5-6-1-3-7(4-2-6)16(18)19/h1-4,8H,5,11H2,(H,12,14,21). The average Bonchev–Trinajstić information content (AvgIpc) is 2.90. The van der Waals surface area contributed by atoms with E-state index in [-0.39, 0.29) is 17.1 Å². The molecule has 11 heteroatoms. The summed E-state index contributed by atoms with van der Waals surface area (Å²) in [6, 6.07) is 5.61. The van der Waals surface area contributed by atoms with Crippen molar-refractivity contribution >= 4 is 23.9 Å². The summed E-state index contributed by atoms with van der Waals surface area (Å²) in [4.78, 5) is 21.7. The Morgan fingerprint density at radius 3 is 2.71 bits per heavy atom. The molecule has 1 aromatic carbocycles. The smallest absolute Gasteiger partial charge is 0.346 e. The lowest BCUT2D eigenvalue weighted by atomic mass is 10.2. The van der Waals surface area contributed by atoms with Crippen LogP contribution in [-0.2, 0) is 16.1 Å². The fourth-order valence-corrected chi connectivity index (χ4v) is 1.64. The third-order valence-electron chi connectivity index (χ3n) is 2.54. The van der Waals surface area contributed by atoms with E-state index in [0.29, 0.717) is 5.56 Å². The van der Waals surface area contributed by atoms with Gasteiger partial charge in [-0.1, -0.05) is 10.3 Å². The molecule has 0 aliphatic rings. The number of esters is 1. The molecule has 21 heavy (non-hydrogen) atoms. The molecule has 2 aromatic rings. The highest BCUT2D eigenvalue weighted by Crippen LogP contribution is 2.13. The number of nitrogens with zero attached hydrogens (tertiary/aromatic N) is 4. The average molecular weight is 310 g/mol. The molecule has 0 aliphatic carbocycles. The molecule has 2 rings (SSSR count). The fourth-order valence-electron chi connectivity index (χ4n) is 1.44. The maximum Gasteiger partial charge on any atom is 0.346 e. The molecule has 1 unspecified atom stereocenters. The largest absolute Gasteiger partial charge is 0.458 e. The number of hydrogen-bond donors (Lipinski definition) is 2. The summed E-state index contributed by atoms with van der Waals surface area (Å²) in [5, 5.41) is 19.7. The molecule has 0 aliphatic heterocycles. The molecule has 110 valence electrons. The van der Waals surface area contributed by atoms with E-state index < -0.39 is 17.1 Å². The fraction of sp³-hybridized carbons (Fsp3) is 0.200. The molecule has 3 N–H and O–H groups in total. The predicted molar refractivity (Wildman–Crippen MR) is 71.3 cm³/mol. The topological polar surface area (TPSA) is 142 Å². The summed E-state index contributed by atoms with van der Waals surface area (Å²) >= 11 is 4.80. The van der Waals surface area contributed by atoms with Crippen LogP contribution in [0.25, 0.3) is 0 Å². The third-order valence-corrected chi connectivity index (χ3v) is 2.82. The van der Waals surface area contributed by atoms with Crippen molar-refractivity contribution in [2.45, 2.75) is 12.8 Å². The number of carbonyl (C=O) groups excluding carboxylic acids is 1. The van der Waals surface area contributed by atoms with Crippen molar-refractivity contribution in [1.29, 1.82) is 0 Å². The zero-order chi connectivity index (χ0) is 15.4. The first-order chi connectivity index (χ1) is 9.99. The van der Waals surface area contributed by atoms with Crippen LogP contribution in [0, 0.1) is 14.9 Å². The molecule has 1 atom stereocenters. The van der Waals surface area contributed by atoms with Crippen molar-refractivity contribution in [2.24, 2.45) is 5.73 Å². The number of aromatic nitrogens is 4. The van der Waals surface area contributed by atoms with E-state index in [4.69, 9.17) is 22.7 Å². The van der Waals surface area contributed by atoms with Crippen LogP contribution < -0.4 is 5.73 Å². The molecule has 1 heterocycles. The maximum absolute atomic E-state index is 11.7. The Morgan fingerprint density at radius 1 is 1.52 bits per heavy atom. The molecule has 0 radical (unpaired) electrons. The Hall–Kier alpha value is -2.66. The van der Waals surface area contributed by atoms with Gasteiger partial charge in [0.05, 0.1) is 4.92 Å². The van der Waals surface area contributed by atoms with E-state index in [0.717, 1.165) is 4.68 Å². The van der Waals surface area contributed by atoms with E-state index >= 15 is 0 Å². The molecular formula is C10H10N6O4S. The number of rotatable bonds is 5. The number of ether oxygens (including phenoxy) is 1. The lowest BCUT2D eigenvalue weighted by Gasteiger charge is -2.11. The van der Waals surface area contributed by atoms with Crippen LogP contribution in [-0.4, -0.2) is 31.1 Å². The summed E-state index contributed by atoms with van der Waals surface area (Å²) < 4.78 is 6.09. The van der Waals surface area contributed by atoms with Crippen LogP contribution in [0.3, 0.4) is 0 Å². The molecule has 0 bridgehead atoms. The molecule has 0 amide bonds. The van der Waals surface area contributed by atoms with Gasteiger partial charge in [-0.15, -0.1) is 0 Å². The number of nitro benzene ring substituents is 1. The van der Waals surface area contributed by atoms with Gasteiger partial charge in [0.15, 0.2) is 6.17 Å². The summed E-state index contributed by atoms with van der Waals surface area (Å²) in [5.41, 5.74) is 6.18. The second-order valence-electron chi connectivity index (χ2n) is 3.93. The first-order valence-electron chi connectivity index (χ1n) is 5.64. The van der Waals surface area contributed by atoms with Gasteiger partial charge in [-0.2, -0.15) is 5.21 Å². The minimum Gasteiger partial charge on any atom is -0.458 e. The van der Waals surface area contributed by atoms with Gasteiger partial charge in [0, 0.05) is 12.1 Å². The summed E-state index contributed by atoms with van der Waals surface area (Å²) in [7, 11) is 0. The highest BCUT2D eigenvalue weighted by Gasteiger charge is 2.19. The maximum atomic E-state index is 11.7. The van der Waals surface area contributed by atoms with Crippen molar-refractivity contribution < 1.29 is 14.5 Å². The summed E-state index contributed by atoms with van der Waals surface area (Å²) in [6.45, 7) is -0.0700. The minimum atomic E-state index is -1.19. The zero-order valence-electron chi connectivity index (χ0n) is 10.5. The summed E-state index contributed by atoms with van der Waals surface area (Å²) in [6.07, 6.45) is -1.19. The van der Waals surface area contributed by atoms with E-state index in [2.05, 4.69) is 15.5 Å². The van der Waals surface area contributed by atoms with Crippen molar-refractivity contribution in [3.63, 3.8) is 0 Å². The van der Waals surface area contributed by atoms with Crippen LogP contribution >= 0.6 is 12.2 Å². The molecule has 0 saturated carbocycles. The van der Waals surface area contributed by atoms with Crippen molar-refractivity contribution in [1.82, 2.24) is 20.2 Å². The number of tetrazole rings is 1. The molecule has 0 spiro atoms. The van der Waals surface area contributed by atoms with Crippen LogP contribution in [0.5, 0.6) is 0 Å². The first-order valence-corrected chi connectivity index (χ1v) is 6.05. The minimum absolute atomic E-state index is 0.0229. The number of benzene rings is 1. The third kappa shape index (κ3) is 3.46. The van der Waals surface area contributed by atoms with Gasteiger partial charge >= 0.3 is 5.97 Å². The van der Waals surface area contributed by atoms with Crippen molar-refractivity contribution in [3.05, 3.63) is 44.7 Å². The Labute approximate surface area is 122 Å². The number of nitrogens with two attached hydrogens (primary N) is 1. The van der Waals surface area contributed by atoms with Gasteiger partial charge in [0.1, 0.15) is 6.61 Å². The van der Waals surface area contributed by atoms with E-state index in [9.17, 15) is 14.9 Å².